The molecule has 1 amide bonds. The lowest BCUT2D eigenvalue weighted by Crippen LogP contribution is -2.39. The summed E-state index contributed by atoms with van der Waals surface area (Å²) in [5.41, 5.74) is 5.27. The van der Waals surface area contributed by atoms with Crippen LogP contribution in [0.15, 0.2) is 78.9 Å². The van der Waals surface area contributed by atoms with Gasteiger partial charge in [0.25, 0.3) is 0 Å². The number of rotatable bonds is 9. The van der Waals surface area contributed by atoms with Gasteiger partial charge in [0.1, 0.15) is 6.61 Å². The van der Waals surface area contributed by atoms with Gasteiger partial charge >= 0.3 is 6.09 Å². The van der Waals surface area contributed by atoms with Crippen LogP contribution in [0.25, 0.3) is 11.1 Å². The van der Waals surface area contributed by atoms with E-state index in [4.69, 9.17) is 4.74 Å². The zero-order chi connectivity index (χ0) is 23.3. The maximum atomic E-state index is 12.2. The number of alkyl carbamates (subject to hydrolysis) is 1. The maximum Gasteiger partial charge on any atom is 0.407 e. The molecule has 0 aliphatic heterocycles. The summed E-state index contributed by atoms with van der Waals surface area (Å²) in [7, 11) is -3.71. The number of carbonyl (C=O) groups is 1. The third-order valence-electron chi connectivity index (χ3n) is 5.58. The first-order chi connectivity index (χ1) is 15.9. The minimum Gasteiger partial charge on any atom is -0.449 e. The number of hydrogen-bond acceptors (Lipinski definition) is 5. The van der Waals surface area contributed by atoms with E-state index in [0.717, 1.165) is 27.8 Å². The van der Waals surface area contributed by atoms with Gasteiger partial charge in [-0.3, -0.25) is 0 Å². The molecular weight excluding hydrogens is 440 g/mol. The maximum absolute atomic E-state index is 12.2. The number of nitrogens with one attached hydrogen (secondary N) is 2. The van der Waals surface area contributed by atoms with Crippen LogP contribution < -0.4 is 10.0 Å². The minimum absolute atomic E-state index is 0.0735. The number of ether oxygens (including phenoxy) is 1. The van der Waals surface area contributed by atoms with Crippen LogP contribution in [-0.2, 0) is 21.3 Å². The van der Waals surface area contributed by atoms with Crippen LogP contribution in [0.5, 0.6) is 0 Å². The van der Waals surface area contributed by atoms with E-state index in [1.807, 2.05) is 54.6 Å². The average Bonchev–Trinajstić information content (AvgIpc) is 3.14. The summed E-state index contributed by atoms with van der Waals surface area (Å²) in [6, 6.07) is 25.1. The molecule has 8 heteroatoms. The Kier molecular flexibility index (Phi) is 7.08. The van der Waals surface area contributed by atoms with Crippen molar-refractivity contribution in [2.75, 3.05) is 18.9 Å². The van der Waals surface area contributed by atoms with E-state index in [1.54, 1.807) is 12.1 Å². The standard InChI is InChI=1S/C25H26N2O5S/c28-19(17-33(30,31)27-14-18-8-2-1-3-9-18)15-26-25(29)32-16-24-22-12-6-4-10-20(22)21-11-5-7-13-23(21)24/h1-13,19,24,27-28H,14-17H2,(H,26,29)/t19-/m0/s1. The first-order valence-electron chi connectivity index (χ1n) is 10.7. The highest BCUT2D eigenvalue weighted by Crippen LogP contribution is 2.44. The largest absolute Gasteiger partial charge is 0.449 e. The Labute approximate surface area is 193 Å². The fraction of sp³-hybridized carbons (Fsp3) is 0.240. The molecule has 0 saturated heterocycles. The second-order valence-electron chi connectivity index (χ2n) is 7.95. The zero-order valence-corrected chi connectivity index (χ0v) is 18.8. The van der Waals surface area contributed by atoms with Crippen molar-refractivity contribution in [1.82, 2.24) is 10.0 Å². The molecule has 0 fully saturated rings. The molecular formula is C25H26N2O5S. The Hall–Kier alpha value is -3.20. The van der Waals surface area contributed by atoms with Crippen LogP contribution >= 0.6 is 0 Å². The van der Waals surface area contributed by atoms with Crippen molar-refractivity contribution in [2.45, 2.75) is 18.6 Å². The van der Waals surface area contributed by atoms with Crippen LogP contribution in [0.4, 0.5) is 4.79 Å². The molecule has 1 aliphatic carbocycles. The highest BCUT2D eigenvalue weighted by Gasteiger charge is 2.29. The monoisotopic (exact) mass is 466 g/mol. The van der Waals surface area contributed by atoms with E-state index in [9.17, 15) is 18.3 Å². The molecule has 0 bridgehead atoms. The predicted octanol–water partition coefficient (Wildman–Crippen LogP) is 3.01. The van der Waals surface area contributed by atoms with Crippen molar-refractivity contribution in [3.05, 3.63) is 95.6 Å². The van der Waals surface area contributed by atoms with Gasteiger partial charge in [-0.25, -0.2) is 17.9 Å². The van der Waals surface area contributed by atoms with Gasteiger partial charge in [-0.05, 0) is 27.8 Å². The van der Waals surface area contributed by atoms with Crippen LogP contribution in [0.1, 0.15) is 22.6 Å². The second-order valence-corrected chi connectivity index (χ2v) is 9.80. The van der Waals surface area contributed by atoms with E-state index in [2.05, 4.69) is 22.2 Å². The quantitative estimate of drug-likeness (QED) is 0.450. The lowest BCUT2D eigenvalue weighted by Gasteiger charge is -2.16. The number of amides is 1. The lowest BCUT2D eigenvalue weighted by molar-refractivity contribution is 0.132. The molecule has 3 aromatic rings. The van der Waals surface area contributed by atoms with Crippen molar-refractivity contribution < 1.29 is 23.1 Å². The van der Waals surface area contributed by atoms with Gasteiger partial charge in [-0.1, -0.05) is 78.9 Å². The topological polar surface area (TPSA) is 105 Å². The fourth-order valence-corrected chi connectivity index (χ4v) is 5.14. The van der Waals surface area contributed by atoms with Crippen LogP contribution in [-0.4, -0.2) is 44.6 Å². The molecule has 3 aromatic carbocycles. The van der Waals surface area contributed by atoms with Gasteiger partial charge in [0.05, 0.1) is 11.9 Å². The van der Waals surface area contributed by atoms with E-state index in [1.165, 1.54) is 0 Å². The van der Waals surface area contributed by atoms with Gasteiger partial charge < -0.3 is 15.2 Å². The summed E-state index contributed by atoms with van der Waals surface area (Å²) in [6.07, 6.45) is -1.97. The second kappa shape index (κ2) is 10.2. The molecule has 33 heavy (non-hydrogen) atoms. The van der Waals surface area contributed by atoms with Crippen LogP contribution in [0, 0.1) is 0 Å². The summed E-state index contributed by atoms with van der Waals surface area (Å²) >= 11 is 0. The highest BCUT2D eigenvalue weighted by molar-refractivity contribution is 7.89. The minimum atomic E-state index is -3.71. The summed E-state index contributed by atoms with van der Waals surface area (Å²) in [5, 5.41) is 12.5. The first kappa shape index (κ1) is 23.0. The third-order valence-corrected chi connectivity index (χ3v) is 6.98. The normalized spacial score (nSPS) is 13.7. The number of carbonyl (C=O) groups excluding carboxylic acids is 1. The number of hydrogen-bond donors (Lipinski definition) is 3. The molecule has 0 aromatic heterocycles. The molecule has 0 unspecified atom stereocenters. The predicted molar refractivity (Wildman–Crippen MR) is 126 cm³/mol. The zero-order valence-electron chi connectivity index (χ0n) is 18.0. The fourth-order valence-electron chi connectivity index (χ4n) is 4.01. The average molecular weight is 467 g/mol. The van der Waals surface area contributed by atoms with Crippen LogP contribution in [0.3, 0.4) is 0 Å². The number of sulfonamides is 1. The smallest absolute Gasteiger partial charge is 0.407 e. The van der Waals surface area contributed by atoms with Gasteiger partial charge in [-0.2, -0.15) is 0 Å². The van der Waals surface area contributed by atoms with E-state index in [0.29, 0.717) is 0 Å². The molecule has 3 N–H and O–H groups in total. The number of aliphatic hydroxyl groups excluding tert-OH is 1. The number of fused-ring (bicyclic) bond motifs is 3. The van der Waals surface area contributed by atoms with Gasteiger partial charge in [0.2, 0.25) is 10.0 Å². The van der Waals surface area contributed by atoms with Crippen molar-refractivity contribution >= 4 is 16.1 Å². The van der Waals surface area contributed by atoms with Gasteiger partial charge in [0, 0.05) is 19.0 Å². The molecule has 1 atom stereocenters. The number of aliphatic hydroxyl groups is 1. The molecule has 0 radical (unpaired) electrons. The Morgan fingerprint density at radius 3 is 2.12 bits per heavy atom. The SMILES string of the molecule is O=C(NC[C@H](O)CS(=O)(=O)NCc1ccccc1)OCC1c2ccccc2-c2ccccc21. The Bertz CT molecular complexity index is 1170. The third kappa shape index (κ3) is 5.78. The highest BCUT2D eigenvalue weighted by atomic mass is 32.2. The van der Waals surface area contributed by atoms with Crippen molar-refractivity contribution in [1.29, 1.82) is 0 Å². The van der Waals surface area contributed by atoms with Gasteiger partial charge in [0.15, 0.2) is 0 Å². The van der Waals surface area contributed by atoms with Gasteiger partial charge in [-0.15, -0.1) is 0 Å². The number of benzene rings is 3. The lowest BCUT2D eigenvalue weighted by atomic mass is 9.98. The van der Waals surface area contributed by atoms with Crippen molar-refractivity contribution in [3.63, 3.8) is 0 Å². The Morgan fingerprint density at radius 1 is 0.909 bits per heavy atom. The molecule has 0 heterocycles. The molecule has 172 valence electrons. The molecule has 1 aliphatic rings. The summed E-state index contributed by atoms with van der Waals surface area (Å²) in [6.45, 7) is 0.0471. The van der Waals surface area contributed by atoms with Crippen molar-refractivity contribution in [3.8, 4) is 11.1 Å². The van der Waals surface area contributed by atoms with Crippen LogP contribution in [0.2, 0.25) is 0 Å². The Morgan fingerprint density at radius 2 is 1.48 bits per heavy atom. The molecule has 0 spiro atoms. The summed E-state index contributed by atoms with van der Waals surface area (Å²) in [4.78, 5) is 12.2. The molecule has 4 rings (SSSR count). The van der Waals surface area contributed by atoms with E-state index in [-0.39, 0.29) is 25.6 Å². The summed E-state index contributed by atoms with van der Waals surface area (Å²) in [5.74, 6) is -0.598. The van der Waals surface area contributed by atoms with Crippen molar-refractivity contribution in [2.24, 2.45) is 0 Å². The van der Waals surface area contributed by atoms with E-state index < -0.39 is 28.0 Å². The Balaban J connectivity index is 1.25. The molecule has 0 saturated carbocycles. The van der Waals surface area contributed by atoms with E-state index >= 15 is 0 Å². The summed E-state index contributed by atoms with van der Waals surface area (Å²) < 4.78 is 32.2. The molecule has 7 nitrogen and oxygen atoms in total. The first-order valence-corrected chi connectivity index (χ1v) is 12.4.